The molecule has 0 saturated carbocycles. The van der Waals surface area contributed by atoms with Crippen LogP contribution in [0.4, 0.5) is 0 Å². The van der Waals surface area contributed by atoms with E-state index >= 15 is 0 Å². The van der Waals surface area contributed by atoms with Crippen LogP contribution in [0.1, 0.15) is 12.5 Å². The molecule has 0 amide bonds. The van der Waals surface area contributed by atoms with Crippen LogP contribution in [0, 0.1) is 0 Å². The Labute approximate surface area is 147 Å². The van der Waals surface area contributed by atoms with E-state index in [4.69, 9.17) is 9.47 Å². The van der Waals surface area contributed by atoms with E-state index in [0.717, 1.165) is 10.5 Å². The summed E-state index contributed by atoms with van der Waals surface area (Å²) in [6, 6.07) is 12.1. The van der Waals surface area contributed by atoms with Gasteiger partial charge in [-0.05, 0) is 55.1 Å². The highest BCUT2D eigenvalue weighted by Crippen LogP contribution is 2.28. The monoisotopic (exact) mass is 367 g/mol. The Balaban J connectivity index is 2.12. The van der Waals surface area contributed by atoms with E-state index in [9.17, 15) is 8.42 Å². The molecule has 0 aliphatic rings. The fraction of sp³-hybridized carbons (Fsp3) is 0.294. The number of methoxy groups -OCH3 is 1. The largest absolute Gasteiger partial charge is 0.493 e. The van der Waals surface area contributed by atoms with Crippen LogP contribution in [0.15, 0.2) is 52.3 Å². The molecule has 0 aromatic heterocycles. The van der Waals surface area contributed by atoms with Crippen LogP contribution in [0.3, 0.4) is 0 Å². The molecule has 5 nitrogen and oxygen atoms in total. The molecule has 0 aliphatic heterocycles. The van der Waals surface area contributed by atoms with E-state index in [-0.39, 0.29) is 11.4 Å². The predicted octanol–water partition coefficient (Wildman–Crippen LogP) is 3.29. The van der Waals surface area contributed by atoms with Crippen molar-refractivity contribution in [2.75, 3.05) is 20.0 Å². The fourth-order valence-electron chi connectivity index (χ4n) is 2.12. The zero-order valence-electron chi connectivity index (χ0n) is 13.9. The Morgan fingerprint density at radius 1 is 1.08 bits per heavy atom. The summed E-state index contributed by atoms with van der Waals surface area (Å²) in [5.41, 5.74) is 0.795. The second-order valence-corrected chi connectivity index (χ2v) is 7.56. The Morgan fingerprint density at radius 3 is 2.38 bits per heavy atom. The smallest absolute Gasteiger partial charge is 0.240 e. The Kier molecular flexibility index (Phi) is 6.53. The maximum Gasteiger partial charge on any atom is 0.240 e. The normalized spacial score (nSPS) is 11.3. The molecular formula is C17H21NO4S2. The van der Waals surface area contributed by atoms with Crippen LogP contribution in [0.5, 0.6) is 11.5 Å². The fourth-order valence-corrected chi connectivity index (χ4v) is 3.54. The molecule has 24 heavy (non-hydrogen) atoms. The van der Waals surface area contributed by atoms with Crippen molar-refractivity contribution in [2.45, 2.75) is 23.3 Å². The van der Waals surface area contributed by atoms with Gasteiger partial charge in [0.2, 0.25) is 10.0 Å². The number of sulfonamides is 1. The standard InChI is InChI=1S/C17H21NO4S2/c1-4-22-17-11-13(5-10-16(17)21-2)12-18-24(19,20)15-8-6-14(23-3)7-9-15/h5-11,18H,4,12H2,1-3H3. The van der Waals surface area contributed by atoms with Crippen LogP contribution >= 0.6 is 11.8 Å². The summed E-state index contributed by atoms with van der Waals surface area (Å²) in [5, 5.41) is 0. The first kappa shape index (κ1) is 18.6. The van der Waals surface area contributed by atoms with Crippen molar-refractivity contribution < 1.29 is 17.9 Å². The molecule has 0 atom stereocenters. The van der Waals surface area contributed by atoms with Gasteiger partial charge >= 0.3 is 0 Å². The maximum atomic E-state index is 12.4. The van der Waals surface area contributed by atoms with Gasteiger partial charge < -0.3 is 9.47 Å². The molecule has 0 bridgehead atoms. The minimum absolute atomic E-state index is 0.177. The number of benzene rings is 2. The average Bonchev–Trinajstić information content (AvgIpc) is 2.60. The van der Waals surface area contributed by atoms with E-state index in [1.165, 1.54) is 0 Å². The van der Waals surface area contributed by atoms with Crippen LogP contribution in [0.2, 0.25) is 0 Å². The predicted molar refractivity (Wildman–Crippen MR) is 96.4 cm³/mol. The average molecular weight is 367 g/mol. The van der Waals surface area contributed by atoms with Crippen molar-refractivity contribution in [2.24, 2.45) is 0 Å². The molecule has 130 valence electrons. The minimum atomic E-state index is -3.56. The van der Waals surface area contributed by atoms with Crippen LogP contribution in [-0.2, 0) is 16.6 Å². The first-order valence-electron chi connectivity index (χ1n) is 7.43. The lowest BCUT2D eigenvalue weighted by molar-refractivity contribution is 0.310. The first-order valence-corrected chi connectivity index (χ1v) is 10.1. The van der Waals surface area contributed by atoms with Gasteiger partial charge in [-0.3, -0.25) is 0 Å². The molecule has 0 radical (unpaired) electrons. The first-order chi connectivity index (χ1) is 11.5. The molecule has 0 aliphatic carbocycles. The molecule has 0 fully saturated rings. The third-order valence-electron chi connectivity index (χ3n) is 3.36. The van der Waals surface area contributed by atoms with Crippen LogP contribution in [0.25, 0.3) is 0 Å². The Bertz CT molecular complexity index is 774. The highest BCUT2D eigenvalue weighted by molar-refractivity contribution is 7.98. The summed E-state index contributed by atoms with van der Waals surface area (Å²) in [4.78, 5) is 1.27. The third-order valence-corrected chi connectivity index (χ3v) is 5.52. The van der Waals surface area contributed by atoms with Crippen molar-refractivity contribution in [1.29, 1.82) is 0 Å². The van der Waals surface area contributed by atoms with Gasteiger partial charge in [0.15, 0.2) is 11.5 Å². The van der Waals surface area contributed by atoms with E-state index in [1.54, 1.807) is 61.3 Å². The number of hydrogen-bond acceptors (Lipinski definition) is 5. The summed E-state index contributed by atoms with van der Waals surface area (Å²) < 4.78 is 38.1. The van der Waals surface area contributed by atoms with E-state index in [1.807, 2.05) is 13.2 Å². The zero-order chi connectivity index (χ0) is 17.6. The van der Waals surface area contributed by atoms with Crippen molar-refractivity contribution in [3.05, 3.63) is 48.0 Å². The quantitative estimate of drug-likeness (QED) is 0.725. The molecule has 0 saturated heterocycles. The number of rotatable bonds is 8. The van der Waals surface area contributed by atoms with Gasteiger partial charge in [-0.1, -0.05) is 6.07 Å². The molecule has 7 heteroatoms. The molecular weight excluding hydrogens is 346 g/mol. The number of ether oxygens (including phenoxy) is 2. The second kappa shape index (κ2) is 8.41. The van der Waals surface area contributed by atoms with Gasteiger partial charge in [-0.2, -0.15) is 0 Å². The lowest BCUT2D eigenvalue weighted by Crippen LogP contribution is -2.23. The van der Waals surface area contributed by atoms with Gasteiger partial charge in [0, 0.05) is 11.4 Å². The molecule has 0 spiro atoms. The lowest BCUT2D eigenvalue weighted by atomic mass is 10.2. The lowest BCUT2D eigenvalue weighted by Gasteiger charge is -2.12. The van der Waals surface area contributed by atoms with Gasteiger partial charge in [-0.25, -0.2) is 13.1 Å². The van der Waals surface area contributed by atoms with Crippen molar-refractivity contribution >= 4 is 21.8 Å². The number of nitrogens with one attached hydrogen (secondary N) is 1. The van der Waals surface area contributed by atoms with Crippen LogP contribution < -0.4 is 14.2 Å². The Morgan fingerprint density at radius 2 is 1.79 bits per heavy atom. The number of hydrogen-bond donors (Lipinski definition) is 1. The van der Waals surface area contributed by atoms with Gasteiger partial charge in [0.25, 0.3) is 0 Å². The summed E-state index contributed by atoms with van der Waals surface area (Å²) in [5.74, 6) is 1.22. The van der Waals surface area contributed by atoms with E-state index in [0.29, 0.717) is 18.1 Å². The summed E-state index contributed by atoms with van der Waals surface area (Å²) in [6.07, 6.45) is 1.95. The SMILES string of the molecule is CCOc1cc(CNS(=O)(=O)c2ccc(SC)cc2)ccc1OC. The van der Waals surface area contributed by atoms with Gasteiger partial charge in [0.1, 0.15) is 0 Å². The summed E-state index contributed by atoms with van der Waals surface area (Å²) >= 11 is 1.57. The highest BCUT2D eigenvalue weighted by atomic mass is 32.2. The zero-order valence-corrected chi connectivity index (χ0v) is 15.5. The second-order valence-electron chi connectivity index (χ2n) is 4.92. The summed E-state index contributed by atoms with van der Waals surface area (Å²) in [6.45, 7) is 2.57. The highest BCUT2D eigenvalue weighted by Gasteiger charge is 2.14. The minimum Gasteiger partial charge on any atom is -0.493 e. The summed E-state index contributed by atoms with van der Waals surface area (Å²) in [7, 11) is -1.99. The van der Waals surface area contributed by atoms with Crippen molar-refractivity contribution in [3.8, 4) is 11.5 Å². The third kappa shape index (κ3) is 4.66. The van der Waals surface area contributed by atoms with Crippen LogP contribution in [-0.4, -0.2) is 28.4 Å². The van der Waals surface area contributed by atoms with Gasteiger partial charge in [-0.15, -0.1) is 11.8 Å². The van der Waals surface area contributed by atoms with E-state index < -0.39 is 10.0 Å². The molecule has 0 unspecified atom stereocenters. The maximum absolute atomic E-state index is 12.4. The molecule has 2 aromatic carbocycles. The van der Waals surface area contributed by atoms with Gasteiger partial charge in [0.05, 0.1) is 18.6 Å². The molecule has 1 N–H and O–H groups in total. The molecule has 0 heterocycles. The van der Waals surface area contributed by atoms with E-state index in [2.05, 4.69) is 4.72 Å². The topological polar surface area (TPSA) is 64.6 Å². The molecule has 2 rings (SSSR count). The van der Waals surface area contributed by atoms with Crippen molar-refractivity contribution in [3.63, 3.8) is 0 Å². The van der Waals surface area contributed by atoms with Crippen molar-refractivity contribution in [1.82, 2.24) is 4.72 Å². The Hall–Kier alpha value is -1.70. The number of thioether (sulfide) groups is 1. The molecule has 2 aromatic rings.